The van der Waals surface area contributed by atoms with E-state index in [0.29, 0.717) is 34.0 Å². The normalized spacial score (nSPS) is 14.1. The first-order chi connectivity index (χ1) is 17.7. The summed E-state index contributed by atoms with van der Waals surface area (Å²) in [5, 5.41) is 15.9. The minimum absolute atomic E-state index is 0.124. The standard InChI is InChI=1S/C25H26ClN7OS2/c26-19-5-4-6-20(15-19)33-23(18-7-9-27-10-8-18)30-31-25(33)36-17-22-29-21(16-35-22)24(34)28-11-14-32-12-2-1-3-13-32/h4-10,15-16H,1-3,11-14,17H2,(H,28,34). The Bertz CT molecular complexity index is 1300. The predicted molar refractivity (Wildman–Crippen MR) is 144 cm³/mol. The molecule has 186 valence electrons. The number of carbonyl (C=O) groups is 1. The summed E-state index contributed by atoms with van der Waals surface area (Å²) in [6.07, 6.45) is 7.26. The fourth-order valence-corrected chi connectivity index (χ4v) is 6.04. The van der Waals surface area contributed by atoms with E-state index in [-0.39, 0.29) is 5.91 Å². The van der Waals surface area contributed by atoms with Gasteiger partial charge in [-0.15, -0.1) is 21.5 Å². The Labute approximate surface area is 223 Å². The molecule has 5 rings (SSSR count). The zero-order valence-corrected chi connectivity index (χ0v) is 22.0. The lowest BCUT2D eigenvalue weighted by atomic mass is 10.1. The number of benzene rings is 1. The lowest BCUT2D eigenvalue weighted by molar-refractivity contribution is 0.0942. The van der Waals surface area contributed by atoms with E-state index in [4.69, 9.17) is 11.6 Å². The molecule has 0 bridgehead atoms. The number of likely N-dealkylation sites (tertiary alicyclic amines) is 1. The maximum Gasteiger partial charge on any atom is 0.270 e. The molecule has 1 fully saturated rings. The van der Waals surface area contributed by atoms with Crippen molar-refractivity contribution in [1.82, 2.24) is 34.9 Å². The minimum atomic E-state index is -0.124. The molecule has 0 spiro atoms. The minimum Gasteiger partial charge on any atom is -0.349 e. The van der Waals surface area contributed by atoms with Crippen molar-refractivity contribution >= 4 is 40.6 Å². The lowest BCUT2D eigenvalue weighted by Gasteiger charge is -2.26. The number of hydrogen-bond acceptors (Lipinski definition) is 8. The van der Waals surface area contributed by atoms with Crippen LogP contribution >= 0.6 is 34.7 Å². The summed E-state index contributed by atoms with van der Waals surface area (Å²) in [5.41, 5.74) is 2.24. The molecule has 0 atom stereocenters. The quantitative estimate of drug-likeness (QED) is 0.301. The van der Waals surface area contributed by atoms with Crippen LogP contribution in [-0.2, 0) is 5.75 Å². The van der Waals surface area contributed by atoms with Crippen LogP contribution in [0.1, 0.15) is 34.8 Å². The summed E-state index contributed by atoms with van der Waals surface area (Å²) in [5.74, 6) is 1.15. The van der Waals surface area contributed by atoms with Crippen molar-refractivity contribution in [3.63, 3.8) is 0 Å². The van der Waals surface area contributed by atoms with Crippen LogP contribution < -0.4 is 5.32 Å². The number of aromatic nitrogens is 5. The molecule has 36 heavy (non-hydrogen) atoms. The van der Waals surface area contributed by atoms with Gasteiger partial charge in [-0.05, 0) is 56.3 Å². The number of piperidine rings is 1. The van der Waals surface area contributed by atoms with Crippen LogP contribution in [0, 0.1) is 0 Å². The highest BCUT2D eigenvalue weighted by Gasteiger charge is 2.18. The summed E-state index contributed by atoms with van der Waals surface area (Å²) >= 11 is 9.27. The van der Waals surface area contributed by atoms with Gasteiger partial charge in [-0.2, -0.15) is 0 Å². The van der Waals surface area contributed by atoms with Crippen LogP contribution in [-0.4, -0.2) is 61.7 Å². The first kappa shape index (κ1) is 24.9. The van der Waals surface area contributed by atoms with Crippen molar-refractivity contribution in [1.29, 1.82) is 0 Å². The number of nitrogens with one attached hydrogen (secondary N) is 1. The number of rotatable bonds is 9. The Kier molecular flexibility index (Phi) is 8.27. The smallest absolute Gasteiger partial charge is 0.270 e. The molecule has 8 nitrogen and oxygen atoms in total. The predicted octanol–water partition coefficient (Wildman–Crippen LogP) is 4.95. The molecule has 0 radical (unpaired) electrons. The Morgan fingerprint density at radius 2 is 1.94 bits per heavy atom. The van der Waals surface area contributed by atoms with Gasteiger partial charge in [0.25, 0.3) is 5.91 Å². The number of amides is 1. The largest absolute Gasteiger partial charge is 0.349 e. The molecule has 4 aromatic rings. The van der Waals surface area contributed by atoms with E-state index in [1.165, 1.54) is 42.4 Å². The monoisotopic (exact) mass is 539 g/mol. The number of pyridine rings is 1. The van der Waals surface area contributed by atoms with Crippen molar-refractivity contribution in [3.05, 3.63) is 69.9 Å². The number of halogens is 1. The van der Waals surface area contributed by atoms with Crippen LogP contribution in [0.4, 0.5) is 0 Å². The fourth-order valence-electron chi connectivity index (χ4n) is 4.11. The molecule has 1 saturated heterocycles. The van der Waals surface area contributed by atoms with E-state index in [1.54, 1.807) is 12.4 Å². The average Bonchev–Trinajstić information content (AvgIpc) is 3.56. The topological polar surface area (TPSA) is 88.8 Å². The SMILES string of the molecule is O=C(NCCN1CCCCC1)c1csc(CSc2nnc(-c3ccncc3)n2-c2cccc(Cl)c2)n1. The third kappa shape index (κ3) is 6.12. The van der Waals surface area contributed by atoms with Gasteiger partial charge in [0.15, 0.2) is 11.0 Å². The van der Waals surface area contributed by atoms with E-state index in [0.717, 1.165) is 35.9 Å². The number of carbonyl (C=O) groups excluding carboxylic acids is 1. The van der Waals surface area contributed by atoms with Crippen molar-refractivity contribution in [2.75, 3.05) is 26.2 Å². The van der Waals surface area contributed by atoms with Crippen molar-refractivity contribution < 1.29 is 4.79 Å². The number of thioether (sulfide) groups is 1. The molecule has 1 aliphatic rings. The van der Waals surface area contributed by atoms with Gasteiger partial charge in [-0.3, -0.25) is 14.3 Å². The molecule has 11 heteroatoms. The Hall–Kier alpha value is -2.79. The highest BCUT2D eigenvalue weighted by molar-refractivity contribution is 7.98. The summed E-state index contributed by atoms with van der Waals surface area (Å²) in [6, 6.07) is 11.4. The third-order valence-corrected chi connectivity index (χ3v) is 8.12. The highest BCUT2D eigenvalue weighted by Crippen LogP contribution is 2.31. The van der Waals surface area contributed by atoms with Crippen LogP contribution in [0.25, 0.3) is 17.1 Å². The van der Waals surface area contributed by atoms with E-state index in [9.17, 15) is 4.79 Å². The molecule has 1 N–H and O–H groups in total. The van der Waals surface area contributed by atoms with Crippen molar-refractivity contribution in [3.8, 4) is 17.1 Å². The van der Waals surface area contributed by atoms with Crippen LogP contribution in [0.2, 0.25) is 5.02 Å². The lowest BCUT2D eigenvalue weighted by Crippen LogP contribution is -2.37. The second-order valence-corrected chi connectivity index (χ2v) is 10.8. The van der Waals surface area contributed by atoms with Gasteiger partial charge in [0.1, 0.15) is 10.7 Å². The first-order valence-electron chi connectivity index (χ1n) is 11.9. The van der Waals surface area contributed by atoms with Gasteiger partial charge in [-0.25, -0.2) is 4.98 Å². The number of nitrogens with zero attached hydrogens (tertiary/aromatic N) is 6. The van der Waals surface area contributed by atoms with Gasteiger partial charge >= 0.3 is 0 Å². The zero-order chi connectivity index (χ0) is 24.7. The molecule has 1 aromatic carbocycles. The molecule has 1 amide bonds. The molecule has 1 aliphatic heterocycles. The molecular weight excluding hydrogens is 514 g/mol. The maximum absolute atomic E-state index is 12.6. The second-order valence-electron chi connectivity index (χ2n) is 8.43. The van der Waals surface area contributed by atoms with Gasteiger partial charge in [0.2, 0.25) is 0 Å². The van der Waals surface area contributed by atoms with Gasteiger partial charge < -0.3 is 10.2 Å². The van der Waals surface area contributed by atoms with Gasteiger partial charge in [-0.1, -0.05) is 35.9 Å². The Morgan fingerprint density at radius 3 is 2.75 bits per heavy atom. The number of thiazole rings is 1. The molecular formula is C25H26ClN7OS2. The maximum atomic E-state index is 12.6. The summed E-state index contributed by atoms with van der Waals surface area (Å²) in [7, 11) is 0. The van der Waals surface area contributed by atoms with E-state index >= 15 is 0 Å². The molecule has 3 aromatic heterocycles. The highest BCUT2D eigenvalue weighted by atomic mass is 35.5. The Balaban J connectivity index is 1.26. The molecule has 4 heterocycles. The fraction of sp³-hybridized carbons (Fsp3) is 0.320. The van der Waals surface area contributed by atoms with Crippen molar-refractivity contribution in [2.24, 2.45) is 0 Å². The summed E-state index contributed by atoms with van der Waals surface area (Å²) < 4.78 is 1.98. The Morgan fingerprint density at radius 1 is 1.11 bits per heavy atom. The van der Waals surface area contributed by atoms with E-state index < -0.39 is 0 Å². The molecule has 0 unspecified atom stereocenters. The van der Waals surface area contributed by atoms with Crippen molar-refractivity contribution in [2.45, 2.75) is 30.2 Å². The van der Waals surface area contributed by atoms with Crippen LogP contribution in [0.5, 0.6) is 0 Å². The van der Waals surface area contributed by atoms with Gasteiger partial charge in [0.05, 0.1) is 11.4 Å². The average molecular weight is 540 g/mol. The third-order valence-electron chi connectivity index (χ3n) is 5.91. The van der Waals surface area contributed by atoms with Crippen LogP contribution in [0.15, 0.2) is 59.3 Å². The summed E-state index contributed by atoms with van der Waals surface area (Å²) in [4.78, 5) is 23.6. The molecule has 0 aliphatic carbocycles. The van der Waals surface area contributed by atoms with Crippen LogP contribution in [0.3, 0.4) is 0 Å². The van der Waals surface area contributed by atoms with E-state index in [1.807, 2.05) is 46.3 Å². The van der Waals surface area contributed by atoms with E-state index in [2.05, 4.69) is 30.4 Å². The second kappa shape index (κ2) is 12.0. The first-order valence-corrected chi connectivity index (χ1v) is 14.1. The number of hydrogen-bond donors (Lipinski definition) is 1. The zero-order valence-electron chi connectivity index (χ0n) is 19.6. The summed E-state index contributed by atoms with van der Waals surface area (Å²) in [6.45, 7) is 3.77. The molecule has 0 saturated carbocycles. The van der Waals surface area contributed by atoms with Gasteiger partial charge in [0, 0.05) is 41.4 Å².